The van der Waals surface area contributed by atoms with Gasteiger partial charge in [0.1, 0.15) is 21.5 Å². The lowest BCUT2D eigenvalue weighted by Crippen LogP contribution is -2.51. The van der Waals surface area contributed by atoms with Crippen molar-refractivity contribution >= 4 is 28.4 Å². The Morgan fingerprint density at radius 3 is 2.86 bits per heavy atom. The van der Waals surface area contributed by atoms with Gasteiger partial charge >= 0.3 is 0 Å². The van der Waals surface area contributed by atoms with E-state index in [9.17, 15) is 13.6 Å². The Balaban J connectivity index is 1.89. The van der Waals surface area contributed by atoms with E-state index in [-0.39, 0.29) is 17.4 Å². The average Bonchev–Trinajstić information content (AvgIpc) is 3.08. The molecule has 0 fully saturated rings. The van der Waals surface area contributed by atoms with Crippen LogP contribution >= 0.6 is 11.8 Å². The quantitative estimate of drug-likeness (QED) is 0.794. The van der Waals surface area contributed by atoms with Gasteiger partial charge in [-0.1, -0.05) is 43.3 Å². The number of carbonyl (C=O) groups is 1. The summed E-state index contributed by atoms with van der Waals surface area (Å²) in [5, 5.41) is 9.74. The predicted molar refractivity (Wildman–Crippen MR) is 108 cm³/mol. The van der Waals surface area contributed by atoms with Crippen molar-refractivity contribution in [2.75, 3.05) is 11.9 Å². The minimum absolute atomic E-state index is 0.0687. The largest absolute Gasteiger partial charge is 0.384 e. The third kappa shape index (κ3) is 2.89. The molecule has 0 aliphatic carbocycles. The first-order valence-corrected chi connectivity index (χ1v) is 10.2. The fourth-order valence-electron chi connectivity index (χ4n) is 4.06. The van der Waals surface area contributed by atoms with Crippen molar-refractivity contribution in [1.82, 2.24) is 5.01 Å². The number of amides is 1. The summed E-state index contributed by atoms with van der Waals surface area (Å²) < 4.78 is 28.3. The average molecular weight is 401 g/mol. The number of benzene rings is 2. The van der Waals surface area contributed by atoms with Crippen LogP contribution in [0.25, 0.3) is 0 Å². The lowest BCUT2D eigenvalue weighted by Gasteiger charge is -2.46. The van der Waals surface area contributed by atoms with E-state index in [1.807, 2.05) is 24.3 Å². The van der Waals surface area contributed by atoms with Crippen LogP contribution in [0.2, 0.25) is 0 Å². The van der Waals surface area contributed by atoms with Gasteiger partial charge in [-0.05, 0) is 30.7 Å². The van der Waals surface area contributed by atoms with Crippen molar-refractivity contribution in [3.63, 3.8) is 0 Å². The number of rotatable bonds is 3. The summed E-state index contributed by atoms with van der Waals surface area (Å²) in [5.74, 6) is -1.25. The number of carbonyl (C=O) groups excluding carboxylic acids is 1. The summed E-state index contributed by atoms with van der Waals surface area (Å²) in [6, 6.07) is 11.1. The van der Waals surface area contributed by atoms with E-state index >= 15 is 0 Å². The second-order valence-electron chi connectivity index (χ2n) is 7.07. The number of fused-ring (bicyclic) bond motifs is 2. The molecule has 2 aliphatic heterocycles. The van der Waals surface area contributed by atoms with Gasteiger partial charge in [0.2, 0.25) is 5.91 Å². The van der Waals surface area contributed by atoms with Crippen LogP contribution in [-0.2, 0) is 9.67 Å². The molecule has 146 valence electrons. The van der Waals surface area contributed by atoms with Crippen LogP contribution in [-0.4, -0.2) is 22.5 Å². The van der Waals surface area contributed by atoms with Crippen LogP contribution in [0.1, 0.15) is 37.8 Å². The van der Waals surface area contributed by atoms with Gasteiger partial charge in [-0.15, -0.1) is 0 Å². The number of hydrazone groups is 1. The Bertz CT molecular complexity index is 964. The smallest absolute Gasteiger partial charge is 0.241 e. The van der Waals surface area contributed by atoms with Gasteiger partial charge in [0.15, 0.2) is 0 Å². The molecule has 1 spiro atoms. The molecular weight excluding hydrogens is 380 g/mol. The summed E-state index contributed by atoms with van der Waals surface area (Å²) in [6.07, 6.45) is 1.80. The predicted octanol–water partition coefficient (Wildman–Crippen LogP) is 4.92. The number of nitrogens with one attached hydrogen (secondary N) is 1. The molecule has 2 aromatic carbocycles. The van der Waals surface area contributed by atoms with Crippen molar-refractivity contribution < 1.29 is 13.6 Å². The number of para-hydroxylation sites is 1. The molecule has 4 nitrogen and oxygen atoms in total. The molecule has 0 saturated carbocycles. The zero-order valence-electron chi connectivity index (χ0n) is 15.7. The lowest BCUT2D eigenvalue weighted by atomic mass is 9.84. The van der Waals surface area contributed by atoms with Crippen molar-refractivity contribution in [2.24, 2.45) is 11.0 Å². The summed E-state index contributed by atoms with van der Waals surface area (Å²) in [4.78, 5) is 11.8. The lowest BCUT2D eigenvalue weighted by molar-refractivity contribution is -0.133. The molecule has 2 aromatic rings. The molecule has 4 rings (SSSR count). The van der Waals surface area contributed by atoms with E-state index in [1.165, 1.54) is 23.7 Å². The van der Waals surface area contributed by atoms with E-state index < -0.39 is 16.5 Å². The highest BCUT2D eigenvalue weighted by Gasteiger charge is 2.55. The van der Waals surface area contributed by atoms with Crippen molar-refractivity contribution in [3.8, 4) is 0 Å². The number of hydrogen-bond donors (Lipinski definition) is 1. The maximum absolute atomic E-state index is 14.5. The summed E-state index contributed by atoms with van der Waals surface area (Å²) in [6.45, 7) is 4.24. The van der Waals surface area contributed by atoms with Gasteiger partial charge in [-0.2, -0.15) is 5.10 Å². The fourth-order valence-corrected chi connectivity index (χ4v) is 5.66. The number of anilines is 1. The molecule has 0 aromatic heterocycles. The standard InChI is InChI=1S/C21H21F2N3OS/c1-3-6-14-12-24-19-8-5-4-7-17(19)21(14)26(13(2)27)25-20(28-21)16-11-15(22)9-10-18(16)23/h4-5,7-11,14,24H,3,6,12H2,1-2H3/t14-,21-/m1/s1. The summed E-state index contributed by atoms with van der Waals surface area (Å²) >= 11 is 1.35. The van der Waals surface area contributed by atoms with Gasteiger partial charge in [0.05, 0.1) is 0 Å². The number of thioether (sulfide) groups is 1. The van der Waals surface area contributed by atoms with Crippen LogP contribution in [0.3, 0.4) is 0 Å². The SMILES string of the molecule is CCC[C@@H]1CNc2ccccc2[C@]12SC(c1cc(F)ccc1F)=NN2C(C)=O. The second-order valence-corrected chi connectivity index (χ2v) is 8.28. The van der Waals surface area contributed by atoms with Crippen LogP contribution in [0.15, 0.2) is 47.6 Å². The van der Waals surface area contributed by atoms with E-state index in [0.717, 1.165) is 42.3 Å². The summed E-state index contributed by atoms with van der Waals surface area (Å²) in [5.41, 5.74) is 1.96. The van der Waals surface area contributed by atoms with Gasteiger partial charge in [-0.3, -0.25) is 4.79 Å². The van der Waals surface area contributed by atoms with Gasteiger partial charge < -0.3 is 5.32 Å². The summed E-state index contributed by atoms with van der Waals surface area (Å²) in [7, 11) is 0. The molecule has 28 heavy (non-hydrogen) atoms. The first kappa shape index (κ1) is 18.9. The third-order valence-corrected chi connectivity index (χ3v) is 6.79. The van der Waals surface area contributed by atoms with E-state index in [0.29, 0.717) is 11.6 Å². The number of halogens is 2. The first-order chi connectivity index (χ1) is 13.5. The van der Waals surface area contributed by atoms with Gasteiger partial charge in [-0.25, -0.2) is 13.8 Å². The molecule has 0 unspecified atom stereocenters. The van der Waals surface area contributed by atoms with Crippen molar-refractivity contribution in [1.29, 1.82) is 0 Å². The van der Waals surface area contributed by atoms with E-state index in [2.05, 4.69) is 17.3 Å². The van der Waals surface area contributed by atoms with Crippen LogP contribution < -0.4 is 5.32 Å². The zero-order chi connectivity index (χ0) is 19.9. The molecule has 0 bridgehead atoms. The van der Waals surface area contributed by atoms with Crippen molar-refractivity contribution in [3.05, 3.63) is 65.2 Å². The third-order valence-electron chi connectivity index (χ3n) is 5.26. The molecule has 1 amide bonds. The van der Waals surface area contributed by atoms with Gasteiger partial charge in [0.25, 0.3) is 0 Å². The monoisotopic (exact) mass is 401 g/mol. The van der Waals surface area contributed by atoms with Crippen LogP contribution in [0.5, 0.6) is 0 Å². The van der Waals surface area contributed by atoms with Crippen LogP contribution in [0, 0.1) is 17.6 Å². The molecule has 7 heteroatoms. The normalized spacial score (nSPS) is 23.4. The molecule has 0 radical (unpaired) electrons. The highest BCUT2D eigenvalue weighted by atomic mass is 32.2. The van der Waals surface area contributed by atoms with E-state index in [1.54, 1.807) is 0 Å². The first-order valence-electron chi connectivity index (χ1n) is 9.34. The Kier molecular flexibility index (Phi) is 4.87. The van der Waals surface area contributed by atoms with Crippen molar-refractivity contribution in [2.45, 2.75) is 31.6 Å². The highest BCUT2D eigenvalue weighted by Crippen LogP contribution is 2.57. The highest BCUT2D eigenvalue weighted by molar-refractivity contribution is 8.15. The zero-order valence-corrected chi connectivity index (χ0v) is 16.5. The Hall–Kier alpha value is -2.41. The minimum Gasteiger partial charge on any atom is -0.384 e. The second kappa shape index (κ2) is 7.20. The molecular formula is C21H21F2N3OS. The van der Waals surface area contributed by atoms with E-state index in [4.69, 9.17) is 0 Å². The van der Waals surface area contributed by atoms with Gasteiger partial charge in [0, 0.05) is 36.2 Å². The Morgan fingerprint density at radius 1 is 1.32 bits per heavy atom. The Morgan fingerprint density at radius 2 is 2.11 bits per heavy atom. The maximum atomic E-state index is 14.5. The Labute approximate surface area is 167 Å². The maximum Gasteiger partial charge on any atom is 0.241 e. The number of hydrogen-bond acceptors (Lipinski definition) is 4. The van der Waals surface area contributed by atoms with Crippen LogP contribution in [0.4, 0.5) is 14.5 Å². The topological polar surface area (TPSA) is 44.7 Å². The number of nitrogens with zero attached hydrogens (tertiary/aromatic N) is 2. The molecule has 2 heterocycles. The fraction of sp³-hybridized carbons (Fsp3) is 0.333. The molecule has 0 saturated heterocycles. The molecule has 2 atom stereocenters. The molecule has 2 aliphatic rings. The molecule has 1 N–H and O–H groups in total. The minimum atomic E-state index is -0.780.